The summed E-state index contributed by atoms with van der Waals surface area (Å²) in [6.45, 7) is 0.914. The lowest BCUT2D eigenvalue weighted by atomic mass is 10.2. The fraction of sp³-hybridized carbons (Fsp3) is 0.188. The lowest BCUT2D eigenvalue weighted by Gasteiger charge is -2.10. The van der Waals surface area contributed by atoms with E-state index in [9.17, 15) is 9.59 Å². The van der Waals surface area contributed by atoms with Gasteiger partial charge in [0.05, 0.1) is 11.5 Å². The van der Waals surface area contributed by atoms with Crippen LogP contribution in [-0.2, 0) is 4.74 Å². The molecule has 0 spiro atoms. The molecule has 2 rings (SSSR count). The summed E-state index contributed by atoms with van der Waals surface area (Å²) in [5.74, 6) is -0.427. The first-order valence-corrected chi connectivity index (χ1v) is 8.42. The third-order valence-corrected chi connectivity index (χ3v) is 4.04. The van der Waals surface area contributed by atoms with Crippen molar-refractivity contribution in [3.63, 3.8) is 0 Å². The quantitative estimate of drug-likeness (QED) is 0.542. The van der Waals surface area contributed by atoms with Gasteiger partial charge in [0.25, 0.3) is 11.8 Å². The Bertz CT molecular complexity index is 700. The molecule has 0 fully saturated rings. The first kappa shape index (κ1) is 18.1. The number of hydrogen-bond acceptors (Lipinski definition) is 5. The summed E-state index contributed by atoms with van der Waals surface area (Å²) in [6, 6.07) is 10.3. The molecule has 8 heteroatoms. The monoisotopic (exact) mass is 363 g/mol. The number of methoxy groups -OCH3 is 1. The third-order valence-electron chi connectivity index (χ3n) is 2.97. The molecule has 0 unspecified atom stereocenters. The zero-order valence-corrected chi connectivity index (χ0v) is 14.6. The second kappa shape index (κ2) is 9.11. The van der Waals surface area contributed by atoms with Crippen molar-refractivity contribution in [3.8, 4) is 0 Å². The van der Waals surface area contributed by atoms with Crippen molar-refractivity contribution in [2.75, 3.05) is 25.6 Å². The predicted molar refractivity (Wildman–Crippen MR) is 98.7 cm³/mol. The van der Waals surface area contributed by atoms with Gasteiger partial charge in [0.1, 0.15) is 0 Å². The maximum absolute atomic E-state index is 11.9. The van der Waals surface area contributed by atoms with E-state index in [2.05, 4.69) is 16.0 Å². The average Bonchev–Trinajstić information content (AvgIpc) is 3.10. The van der Waals surface area contributed by atoms with Crippen LogP contribution in [0.3, 0.4) is 0 Å². The van der Waals surface area contributed by atoms with Gasteiger partial charge in [-0.1, -0.05) is 6.07 Å². The van der Waals surface area contributed by atoms with E-state index in [-0.39, 0.29) is 16.9 Å². The molecular formula is C16H17N3O3S2. The van der Waals surface area contributed by atoms with Gasteiger partial charge in [-0.05, 0) is 47.9 Å². The third kappa shape index (κ3) is 5.41. The number of anilines is 1. The Labute approximate surface area is 149 Å². The van der Waals surface area contributed by atoms with E-state index in [0.29, 0.717) is 29.3 Å². The highest BCUT2D eigenvalue weighted by Crippen LogP contribution is 2.11. The maximum Gasteiger partial charge on any atom is 0.267 e. The molecule has 24 heavy (non-hydrogen) atoms. The van der Waals surface area contributed by atoms with Gasteiger partial charge in [-0.2, -0.15) is 0 Å². The van der Waals surface area contributed by atoms with Gasteiger partial charge in [-0.3, -0.25) is 14.9 Å². The van der Waals surface area contributed by atoms with Crippen LogP contribution in [0.15, 0.2) is 41.8 Å². The fourth-order valence-electron chi connectivity index (χ4n) is 1.81. The zero-order valence-electron chi connectivity index (χ0n) is 13.0. The van der Waals surface area contributed by atoms with E-state index < -0.39 is 0 Å². The van der Waals surface area contributed by atoms with Crippen LogP contribution in [0.1, 0.15) is 20.0 Å². The molecule has 126 valence electrons. The summed E-state index contributed by atoms with van der Waals surface area (Å²) < 4.78 is 4.88. The van der Waals surface area contributed by atoms with Crippen molar-refractivity contribution in [3.05, 3.63) is 52.2 Å². The summed E-state index contributed by atoms with van der Waals surface area (Å²) in [7, 11) is 1.58. The van der Waals surface area contributed by atoms with E-state index in [1.165, 1.54) is 11.3 Å². The number of carbonyl (C=O) groups excluding carboxylic acids is 2. The first-order valence-electron chi connectivity index (χ1n) is 7.13. The SMILES string of the molecule is COCCNC(=O)c1ccc(NC(=S)NC(=O)c2cccs2)cc1. The van der Waals surface area contributed by atoms with E-state index in [1.54, 1.807) is 43.5 Å². The highest BCUT2D eigenvalue weighted by molar-refractivity contribution is 7.80. The predicted octanol–water partition coefficient (Wildman–Crippen LogP) is 2.25. The van der Waals surface area contributed by atoms with Gasteiger partial charge in [-0.15, -0.1) is 11.3 Å². The van der Waals surface area contributed by atoms with Gasteiger partial charge in [0.15, 0.2) is 5.11 Å². The number of ether oxygens (including phenoxy) is 1. The van der Waals surface area contributed by atoms with Crippen molar-refractivity contribution in [1.29, 1.82) is 0 Å². The standard InChI is InChI=1S/C16H17N3O3S2/c1-22-9-8-17-14(20)11-4-6-12(7-5-11)18-16(23)19-15(21)13-3-2-10-24-13/h2-7,10H,8-9H2,1H3,(H,17,20)(H2,18,19,21,23). The first-order chi connectivity index (χ1) is 11.6. The molecule has 1 aromatic heterocycles. The van der Waals surface area contributed by atoms with Crippen molar-refractivity contribution >= 4 is 46.2 Å². The summed E-state index contributed by atoms with van der Waals surface area (Å²) in [6.07, 6.45) is 0. The highest BCUT2D eigenvalue weighted by Gasteiger charge is 2.09. The molecule has 3 N–H and O–H groups in total. The highest BCUT2D eigenvalue weighted by atomic mass is 32.1. The van der Waals surface area contributed by atoms with Crippen LogP contribution < -0.4 is 16.0 Å². The largest absolute Gasteiger partial charge is 0.383 e. The molecule has 0 aliphatic heterocycles. The summed E-state index contributed by atoms with van der Waals surface area (Å²) >= 11 is 6.45. The minimum absolute atomic E-state index is 0.174. The molecule has 0 saturated carbocycles. The fourth-order valence-corrected chi connectivity index (χ4v) is 2.64. The van der Waals surface area contributed by atoms with Gasteiger partial charge >= 0.3 is 0 Å². The molecule has 2 amide bonds. The van der Waals surface area contributed by atoms with Gasteiger partial charge in [0, 0.05) is 24.9 Å². The number of carbonyl (C=O) groups is 2. The second-order valence-electron chi connectivity index (χ2n) is 4.71. The van der Waals surface area contributed by atoms with Crippen LogP contribution >= 0.6 is 23.6 Å². The number of rotatable bonds is 6. The maximum atomic E-state index is 11.9. The molecule has 0 saturated heterocycles. The minimum Gasteiger partial charge on any atom is -0.383 e. The number of benzene rings is 1. The normalized spacial score (nSPS) is 10.0. The Morgan fingerprint density at radius 2 is 1.92 bits per heavy atom. The van der Waals surface area contributed by atoms with Crippen molar-refractivity contribution in [2.45, 2.75) is 0 Å². The van der Waals surface area contributed by atoms with Crippen molar-refractivity contribution < 1.29 is 14.3 Å². The molecule has 0 atom stereocenters. The van der Waals surface area contributed by atoms with E-state index in [0.717, 1.165) is 0 Å². The van der Waals surface area contributed by atoms with Crippen LogP contribution in [0, 0.1) is 0 Å². The second-order valence-corrected chi connectivity index (χ2v) is 6.07. The van der Waals surface area contributed by atoms with Crippen LogP contribution in [-0.4, -0.2) is 37.2 Å². The van der Waals surface area contributed by atoms with Crippen molar-refractivity contribution in [2.24, 2.45) is 0 Å². The zero-order chi connectivity index (χ0) is 17.4. The van der Waals surface area contributed by atoms with E-state index in [1.807, 2.05) is 5.38 Å². The van der Waals surface area contributed by atoms with E-state index in [4.69, 9.17) is 17.0 Å². The Balaban J connectivity index is 1.85. The van der Waals surface area contributed by atoms with Gasteiger partial charge in [-0.25, -0.2) is 0 Å². The number of thiocarbonyl (C=S) groups is 1. The van der Waals surface area contributed by atoms with Crippen LogP contribution in [0.2, 0.25) is 0 Å². The molecule has 1 heterocycles. The summed E-state index contributed by atoms with van der Waals surface area (Å²) in [4.78, 5) is 24.3. The minimum atomic E-state index is -0.253. The smallest absolute Gasteiger partial charge is 0.267 e. The number of hydrogen-bond donors (Lipinski definition) is 3. The Morgan fingerprint density at radius 3 is 2.54 bits per heavy atom. The van der Waals surface area contributed by atoms with Crippen LogP contribution in [0.4, 0.5) is 5.69 Å². The van der Waals surface area contributed by atoms with Crippen molar-refractivity contribution in [1.82, 2.24) is 10.6 Å². The molecule has 6 nitrogen and oxygen atoms in total. The summed E-state index contributed by atoms with van der Waals surface area (Å²) in [5, 5.41) is 10.3. The lowest BCUT2D eigenvalue weighted by molar-refractivity contribution is 0.0936. The molecule has 1 aromatic carbocycles. The molecule has 2 aromatic rings. The Hall–Kier alpha value is -2.29. The Kier molecular flexibility index (Phi) is 6.86. The lowest BCUT2D eigenvalue weighted by Crippen LogP contribution is -2.33. The van der Waals surface area contributed by atoms with Crippen LogP contribution in [0.25, 0.3) is 0 Å². The summed E-state index contributed by atoms with van der Waals surface area (Å²) in [5.41, 5.74) is 1.21. The average molecular weight is 363 g/mol. The molecule has 0 bridgehead atoms. The van der Waals surface area contributed by atoms with Crippen LogP contribution in [0.5, 0.6) is 0 Å². The molecular weight excluding hydrogens is 346 g/mol. The number of amides is 2. The topological polar surface area (TPSA) is 79.5 Å². The van der Waals surface area contributed by atoms with Gasteiger partial charge in [0.2, 0.25) is 0 Å². The molecule has 0 aliphatic carbocycles. The van der Waals surface area contributed by atoms with Gasteiger partial charge < -0.3 is 15.4 Å². The number of nitrogens with one attached hydrogen (secondary N) is 3. The number of thiophene rings is 1. The Morgan fingerprint density at radius 1 is 1.17 bits per heavy atom. The van der Waals surface area contributed by atoms with E-state index >= 15 is 0 Å². The molecule has 0 radical (unpaired) electrons. The molecule has 0 aliphatic rings.